The number of ether oxygens (including phenoxy) is 2. The summed E-state index contributed by atoms with van der Waals surface area (Å²) in [7, 11) is 0. The van der Waals surface area contributed by atoms with Gasteiger partial charge < -0.3 is 20.1 Å². The van der Waals surface area contributed by atoms with Crippen molar-refractivity contribution in [1.82, 2.24) is 5.32 Å². The number of aryl methyl sites for hydroxylation is 1. The lowest BCUT2D eigenvalue weighted by Gasteiger charge is -2.36. The Morgan fingerprint density at radius 1 is 1.48 bits per heavy atom. The highest BCUT2D eigenvalue weighted by Crippen LogP contribution is 2.15. The lowest BCUT2D eigenvalue weighted by molar-refractivity contribution is -0.132. The molecule has 0 radical (unpaired) electrons. The summed E-state index contributed by atoms with van der Waals surface area (Å²) >= 11 is 0. The van der Waals surface area contributed by atoms with Crippen LogP contribution in [-0.4, -0.2) is 43.9 Å². The Balaban J connectivity index is 1.71. The second-order valence-electron chi connectivity index (χ2n) is 6.01. The van der Waals surface area contributed by atoms with Crippen molar-refractivity contribution in [3.05, 3.63) is 29.8 Å². The van der Waals surface area contributed by atoms with E-state index in [4.69, 9.17) is 9.47 Å². The van der Waals surface area contributed by atoms with Crippen LogP contribution in [0.3, 0.4) is 0 Å². The highest BCUT2D eigenvalue weighted by molar-refractivity contribution is 5.92. The van der Waals surface area contributed by atoms with E-state index in [-0.39, 0.29) is 24.2 Å². The Morgan fingerprint density at radius 3 is 2.95 bits per heavy atom. The standard InChI is InChI=1S/C16H24N2O3/c1-12-6-4-5-7-14(12)18-15(19)10-20-9-13-8-17-11-16(2,3)21-13/h4-7,13,17H,8-11H2,1-3H3,(H,18,19). The van der Waals surface area contributed by atoms with Crippen LogP contribution < -0.4 is 10.6 Å². The third kappa shape index (κ3) is 5.12. The summed E-state index contributed by atoms with van der Waals surface area (Å²) in [6.07, 6.45) is -0.0139. The molecule has 2 rings (SSSR count). The summed E-state index contributed by atoms with van der Waals surface area (Å²) in [6.45, 7) is 8.07. The van der Waals surface area contributed by atoms with Gasteiger partial charge in [-0.15, -0.1) is 0 Å². The van der Waals surface area contributed by atoms with Crippen LogP contribution in [0.15, 0.2) is 24.3 Å². The van der Waals surface area contributed by atoms with Crippen molar-refractivity contribution in [2.24, 2.45) is 0 Å². The van der Waals surface area contributed by atoms with Gasteiger partial charge in [-0.05, 0) is 32.4 Å². The van der Waals surface area contributed by atoms with Gasteiger partial charge in [-0.2, -0.15) is 0 Å². The SMILES string of the molecule is Cc1ccccc1NC(=O)COCC1CNCC(C)(C)O1. The fourth-order valence-corrected chi connectivity index (χ4v) is 2.34. The van der Waals surface area contributed by atoms with Gasteiger partial charge in [0.05, 0.1) is 18.3 Å². The molecular formula is C16H24N2O3. The highest BCUT2D eigenvalue weighted by Gasteiger charge is 2.28. The number of benzene rings is 1. The smallest absolute Gasteiger partial charge is 0.250 e. The summed E-state index contributed by atoms with van der Waals surface area (Å²) in [6, 6.07) is 7.67. The molecule has 5 heteroatoms. The van der Waals surface area contributed by atoms with Gasteiger partial charge in [0, 0.05) is 18.8 Å². The number of para-hydroxylation sites is 1. The van der Waals surface area contributed by atoms with Crippen molar-refractivity contribution in [3.63, 3.8) is 0 Å². The maximum Gasteiger partial charge on any atom is 0.250 e. The Morgan fingerprint density at radius 2 is 2.24 bits per heavy atom. The van der Waals surface area contributed by atoms with Gasteiger partial charge in [0.2, 0.25) is 5.91 Å². The third-order valence-corrected chi connectivity index (χ3v) is 3.36. The van der Waals surface area contributed by atoms with Crippen LogP contribution in [0, 0.1) is 6.92 Å². The number of hydrogen-bond donors (Lipinski definition) is 2. The molecule has 21 heavy (non-hydrogen) atoms. The van der Waals surface area contributed by atoms with E-state index in [2.05, 4.69) is 10.6 Å². The molecule has 1 unspecified atom stereocenters. The fraction of sp³-hybridized carbons (Fsp3) is 0.562. The molecule has 1 aliphatic heterocycles. The summed E-state index contributed by atoms with van der Waals surface area (Å²) in [5.41, 5.74) is 1.67. The molecule has 0 saturated carbocycles. The first-order valence-electron chi connectivity index (χ1n) is 7.28. The lowest BCUT2D eigenvalue weighted by Crippen LogP contribution is -2.52. The average molecular weight is 292 g/mol. The average Bonchev–Trinajstić information content (AvgIpc) is 2.40. The van der Waals surface area contributed by atoms with Gasteiger partial charge in [0.15, 0.2) is 0 Å². The minimum atomic E-state index is -0.185. The summed E-state index contributed by atoms with van der Waals surface area (Å²) in [5, 5.41) is 6.15. The van der Waals surface area contributed by atoms with E-state index < -0.39 is 0 Å². The molecule has 0 aromatic heterocycles. The van der Waals surface area contributed by atoms with Gasteiger partial charge in [-0.3, -0.25) is 4.79 Å². The number of hydrogen-bond acceptors (Lipinski definition) is 4. The second-order valence-corrected chi connectivity index (χ2v) is 6.01. The zero-order chi connectivity index (χ0) is 15.3. The van der Waals surface area contributed by atoms with Crippen LogP contribution >= 0.6 is 0 Å². The highest BCUT2D eigenvalue weighted by atomic mass is 16.5. The van der Waals surface area contributed by atoms with Crippen molar-refractivity contribution in [2.75, 3.05) is 31.6 Å². The number of amides is 1. The predicted molar refractivity (Wildman–Crippen MR) is 82.4 cm³/mol. The van der Waals surface area contributed by atoms with Crippen molar-refractivity contribution < 1.29 is 14.3 Å². The molecule has 1 amide bonds. The third-order valence-electron chi connectivity index (χ3n) is 3.36. The molecule has 1 aromatic carbocycles. The minimum absolute atomic E-state index is 0.0139. The summed E-state index contributed by atoms with van der Waals surface area (Å²) < 4.78 is 11.3. The molecule has 1 aliphatic rings. The van der Waals surface area contributed by atoms with E-state index >= 15 is 0 Å². The zero-order valence-electron chi connectivity index (χ0n) is 12.9. The molecule has 1 aromatic rings. The first-order chi connectivity index (χ1) is 9.96. The molecule has 1 saturated heterocycles. The first kappa shape index (κ1) is 15.9. The molecule has 5 nitrogen and oxygen atoms in total. The number of nitrogens with one attached hydrogen (secondary N) is 2. The molecule has 1 atom stereocenters. The van der Waals surface area contributed by atoms with E-state index in [0.717, 1.165) is 24.3 Å². The summed E-state index contributed by atoms with van der Waals surface area (Å²) in [5.74, 6) is -0.146. The number of carbonyl (C=O) groups is 1. The van der Waals surface area contributed by atoms with Gasteiger partial charge >= 0.3 is 0 Å². The molecule has 0 bridgehead atoms. The number of carbonyl (C=O) groups excluding carboxylic acids is 1. The normalized spacial score (nSPS) is 21.0. The first-order valence-corrected chi connectivity index (χ1v) is 7.28. The van der Waals surface area contributed by atoms with Crippen LogP contribution in [0.2, 0.25) is 0 Å². The van der Waals surface area contributed by atoms with Gasteiger partial charge in [-0.1, -0.05) is 18.2 Å². The number of morpholine rings is 1. The fourth-order valence-electron chi connectivity index (χ4n) is 2.34. The van der Waals surface area contributed by atoms with Crippen LogP contribution in [0.1, 0.15) is 19.4 Å². The van der Waals surface area contributed by atoms with Crippen molar-refractivity contribution in [3.8, 4) is 0 Å². The molecule has 2 N–H and O–H groups in total. The molecule has 1 heterocycles. The topological polar surface area (TPSA) is 59.6 Å². The van der Waals surface area contributed by atoms with E-state index in [1.165, 1.54) is 0 Å². The molecular weight excluding hydrogens is 268 g/mol. The Bertz CT molecular complexity index is 488. The summed E-state index contributed by atoms with van der Waals surface area (Å²) in [4.78, 5) is 11.8. The van der Waals surface area contributed by atoms with Crippen LogP contribution in [0.5, 0.6) is 0 Å². The molecule has 116 valence electrons. The van der Waals surface area contributed by atoms with Crippen molar-refractivity contribution in [1.29, 1.82) is 0 Å². The molecule has 0 aliphatic carbocycles. The number of rotatable bonds is 5. The Labute approximate surface area is 126 Å². The van der Waals surface area contributed by atoms with Gasteiger partial charge in [-0.25, -0.2) is 0 Å². The van der Waals surface area contributed by atoms with E-state index in [1.807, 2.05) is 45.0 Å². The monoisotopic (exact) mass is 292 g/mol. The lowest BCUT2D eigenvalue weighted by atomic mass is 10.1. The Hall–Kier alpha value is -1.43. The minimum Gasteiger partial charge on any atom is -0.369 e. The maximum absolute atomic E-state index is 11.8. The molecule has 0 spiro atoms. The predicted octanol–water partition coefficient (Wildman–Crippen LogP) is 1.72. The number of anilines is 1. The van der Waals surface area contributed by atoms with Crippen molar-refractivity contribution >= 4 is 11.6 Å². The zero-order valence-corrected chi connectivity index (χ0v) is 12.9. The van der Waals surface area contributed by atoms with Crippen molar-refractivity contribution in [2.45, 2.75) is 32.5 Å². The Kier molecular flexibility index (Phi) is 5.33. The van der Waals surface area contributed by atoms with Crippen LogP contribution in [0.4, 0.5) is 5.69 Å². The quantitative estimate of drug-likeness (QED) is 0.867. The van der Waals surface area contributed by atoms with Crippen LogP contribution in [0.25, 0.3) is 0 Å². The van der Waals surface area contributed by atoms with Crippen LogP contribution in [-0.2, 0) is 14.3 Å². The second kappa shape index (κ2) is 7.02. The van der Waals surface area contributed by atoms with Gasteiger partial charge in [0.1, 0.15) is 6.61 Å². The van der Waals surface area contributed by atoms with Gasteiger partial charge in [0.25, 0.3) is 0 Å². The molecule has 1 fully saturated rings. The van der Waals surface area contributed by atoms with E-state index in [0.29, 0.717) is 6.61 Å². The van der Waals surface area contributed by atoms with E-state index in [1.54, 1.807) is 0 Å². The largest absolute Gasteiger partial charge is 0.369 e. The van der Waals surface area contributed by atoms with E-state index in [9.17, 15) is 4.79 Å². The maximum atomic E-state index is 11.8.